The topological polar surface area (TPSA) is 69.6 Å². The van der Waals surface area contributed by atoms with Crippen molar-refractivity contribution in [3.63, 3.8) is 0 Å². The lowest BCUT2D eigenvalue weighted by Crippen LogP contribution is -2.59. The number of aliphatic hydroxyl groups is 1. The average molecular weight is 215 g/mol. The van der Waals surface area contributed by atoms with Gasteiger partial charge in [0, 0.05) is 12.5 Å². The van der Waals surface area contributed by atoms with Crippen LogP contribution in [0, 0.1) is 11.3 Å². The molecule has 1 fully saturated rings. The van der Waals surface area contributed by atoms with Crippen LogP contribution < -0.4 is 5.32 Å². The predicted molar refractivity (Wildman–Crippen MR) is 57.8 cm³/mol. The Morgan fingerprint density at radius 2 is 2.13 bits per heavy atom. The van der Waals surface area contributed by atoms with E-state index in [4.69, 9.17) is 5.11 Å². The van der Waals surface area contributed by atoms with Crippen LogP contribution in [0.5, 0.6) is 0 Å². The summed E-state index contributed by atoms with van der Waals surface area (Å²) >= 11 is 0. The van der Waals surface area contributed by atoms with Gasteiger partial charge >= 0.3 is 6.09 Å². The Balaban J connectivity index is 3.00. The highest BCUT2D eigenvalue weighted by molar-refractivity contribution is 5.66. The van der Waals surface area contributed by atoms with Crippen LogP contribution in [0.2, 0.25) is 0 Å². The first kappa shape index (κ1) is 12.3. The Morgan fingerprint density at radius 3 is 2.53 bits per heavy atom. The zero-order valence-corrected chi connectivity index (χ0v) is 9.71. The molecule has 88 valence electrons. The van der Waals surface area contributed by atoms with Crippen molar-refractivity contribution in [3.8, 4) is 0 Å². The van der Waals surface area contributed by atoms with Gasteiger partial charge in [-0.15, -0.1) is 0 Å². The first-order chi connectivity index (χ1) is 6.83. The van der Waals surface area contributed by atoms with Crippen LogP contribution in [0.1, 0.15) is 40.0 Å². The molecule has 0 heterocycles. The van der Waals surface area contributed by atoms with E-state index in [0.29, 0.717) is 0 Å². The van der Waals surface area contributed by atoms with E-state index in [9.17, 15) is 9.90 Å². The molecule has 2 atom stereocenters. The summed E-state index contributed by atoms with van der Waals surface area (Å²) in [6.45, 7) is 6.13. The van der Waals surface area contributed by atoms with Gasteiger partial charge in [-0.05, 0) is 18.3 Å². The minimum absolute atomic E-state index is 0.0357. The van der Waals surface area contributed by atoms with Crippen molar-refractivity contribution in [3.05, 3.63) is 0 Å². The third-order valence-electron chi connectivity index (χ3n) is 3.71. The fourth-order valence-corrected chi connectivity index (χ4v) is 2.86. The molecule has 1 aliphatic carbocycles. The largest absolute Gasteiger partial charge is 0.465 e. The molecule has 4 heteroatoms. The summed E-state index contributed by atoms with van der Waals surface area (Å²) in [5.41, 5.74) is -0.650. The molecule has 15 heavy (non-hydrogen) atoms. The van der Waals surface area contributed by atoms with Gasteiger partial charge in [0.1, 0.15) is 0 Å². The summed E-state index contributed by atoms with van der Waals surface area (Å²) in [6, 6.07) is 0. The van der Waals surface area contributed by atoms with E-state index in [1.165, 1.54) is 0 Å². The summed E-state index contributed by atoms with van der Waals surface area (Å²) in [6.07, 6.45) is 1.69. The molecule has 0 saturated heterocycles. The molecule has 0 radical (unpaired) electrons. The van der Waals surface area contributed by atoms with Crippen molar-refractivity contribution in [2.24, 2.45) is 11.3 Å². The molecule has 0 aromatic carbocycles. The lowest BCUT2D eigenvalue weighted by molar-refractivity contribution is 0.0549. The molecule has 1 saturated carbocycles. The number of rotatable bonds is 2. The zero-order chi connectivity index (χ0) is 11.7. The Bertz CT molecular complexity index is 247. The monoisotopic (exact) mass is 215 g/mol. The highest BCUT2D eigenvalue weighted by Crippen LogP contribution is 2.47. The second-order valence-electron chi connectivity index (χ2n) is 5.42. The summed E-state index contributed by atoms with van der Waals surface area (Å²) in [7, 11) is 0. The molecule has 0 aromatic heterocycles. The van der Waals surface area contributed by atoms with Crippen molar-refractivity contribution >= 4 is 6.09 Å². The molecule has 0 bridgehead atoms. The van der Waals surface area contributed by atoms with Crippen LogP contribution in [0.25, 0.3) is 0 Å². The van der Waals surface area contributed by atoms with Crippen molar-refractivity contribution in [1.29, 1.82) is 0 Å². The number of aliphatic hydroxyl groups excluding tert-OH is 1. The lowest BCUT2D eigenvalue weighted by atomic mass is 9.67. The normalized spacial score (nSPS) is 31.6. The molecule has 0 aliphatic heterocycles. The van der Waals surface area contributed by atoms with E-state index in [-0.39, 0.29) is 17.9 Å². The molecule has 0 spiro atoms. The fraction of sp³-hybridized carbons (Fsp3) is 0.909. The highest BCUT2D eigenvalue weighted by Gasteiger charge is 2.51. The number of carbonyl (C=O) groups is 1. The van der Waals surface area contributed by atoms with Crippen LogP contribution >= 0.6 is 0 Å². The van der Waals surface area contributed by atoms with Gasteiger partial charge in [0.2, 0.25) is 0 Å². The summed E-state index contributed by atoms with van der Waals surface area (Å²) in [5.74, 6) is 0.0357. The summed E-state index contributed by atoms with van der Waals surface area (Å²) < 4.78 is 0. The van der Waals surface area contributed by atoms with Crippen molar-refractivity contribution in [2.75, 3.05) is 6.61 Å². The highest BCUT2D eigenvalue weighted by atomic mass is 16.4. The maximum Gasteiger partial charge on any atom is 0.405 e. The molecule has 1 aliphatic rings. The number of amides is 1. The van der Waals surface area contributed by atoms with Gasteiger partial charge in [-0.25, -0.2) is 4.79 Å². The van der Waals surface area contributed by atoms with E-state index in [0.717, 1.165) is 19.3 Å². The second-order valence-corrected chi connectivity index (χ2v) is 5.42. The van der Waals surface area contributed by atoms with Crippen LogP contribution in [0.4, 0.5) is 4.79 Å². The first-order valence-electron chi connectivity index (χ1n) is 5.45. The van der Waals surface area contributed by atoms with Gasteiger partial charge in [0.15, 0.2) is 0 Å². The Morgan fingerprint density at radius 1 is 1.53 bits per heavy atom. The van der Waals surface area contributed by atoms with Gasteiger partial charge in [-0.3, -0.25) is 0 Å². The van der Waals surface area contributed by atoms with Gasteiger partial charge in [0.25, 0.3) is 0 Å². The molecular formula is C11H21NO3. The lowest BCUT2D eigenvalue weighted by Gasteiger charge is -2.45. The molecule has 1 rings (SSSR count). The second kappa shape index (κ2) is 4.00. The summed E-state index contributed by atoms with van der Waals surface area (Å²) in [5, 5.41) is 20.9. The fourth-order valence-electron chi connectivity index (χ4n) is 2.86. The predicted octanol–water partition coefficient (Wildman–Crippen LogP) is 1.83. The first-order valence-corrected chi connectivity index (χ1v) is 5.45. The van der Waals surface area contributed by atoms with Gasteiger partial charge in [0.05, 0.1) is 5.54 Å². The number of hydrogen-bond donors (Lipinski definition) is 3. The van der Waals surface area contributed by atoms with Gasteiger partial charge in [-0.1, -0.05) is 27.2 Å². The molecule has 3 N–H and O–H groups in total. The minimum atomic E-state index is -0.995. The maximum atomic E-state index is 10.9. The van der Waals surface area contributed by atoms with Gasteiger partial charge in [-0.2, -0.15) is 0 Å². The third kappa shape index (κ3) is 2.09. The average Bonchev–Trinajstić information content (AvgIpc) is 2.46. The molecule has 4 nitrogen and oxygen atoms in total. The van der Waals surface area contributed by atoms with Crippen molar-refractivity contribution < 1.29 is 15.0 Å². The van der Waals surface area contributed by atoms with Crippen LogP contribution in [-0.4, -0.2) is 28.5 Å². The smallest absolute Gasteiger partial charge is 0.405 e. The Labute approximate surface area is 90.7 Å². The molecular weight excluding hydrogens is 194 g/mol. The number of nitrogens with one attached hydrogen (secondary N) is 1. The van der Waals surface area contributed by atoms with Crippen LogP contribution in [0.15, 0.2) is 0 Å². The van der Waals surface area contributed by atoms with E-state index in [1.54, 1.807) is 0 Å². The Kier molecular flexibility index (Phi) is 3.28. The van der Waals surface area contributed by atoms with Crippen molar-refractivity contribution in [2.45, 2.75) is 45.6 Å². The molecule has 1 amide bonds. The van der Waals surface area contributed by atoms with E-state index in [2.05, 4.69) is 5.32 Å². The van der Waals surface area contributed by atoms with Crippen LogP contribution in [0.3, 0.4) is 0 Å². The number of carboxylic acid groups (broad SMARTS) is 1. The van der Waals surface area contributed by atoms with Crippen molar-refractivity contribution in [1.82, 2.24) is 5.32 Å². The molecule has 0 aromatic rings. The van der Waals surface area contributed by atoms with Crippen LogP contribution in [-0.2, 0) is 0 Å². The third-order valence-corrected chi connectivity index (χ3v) is 3.71. The molecule has 1 unspecified atom stereocenters. The van der Waals surface area contributed by atoms with E-state index < -0.39 is 11.6 Å². The van der Waals surface area contributed by atoms with E-state index >= 15 is 0 Å². The summed E-state index contributed by atoms with van der Waals surface area (Å²) in [4.78, 5) is 10.9. The van der Waals surface area contributed by atoms with E-state index in [1.807, 2.05) is 20.8 Å². The van der Waals surface area contributed by atoms with Gasteiger partial charge < -0.3 is 15.5 Å². The minimum Gasteiger partial charge on any atom is -0.465 e. The SMILES string of the molecule is CC(C)(C)[C@@]1(NC(=O)O)CCCC1CO. The Hall–Kier alpha value is -0.770. The zero-order valence-electron chi connectivity index (χ0n) is 9.71. The quantitative estimate of drug-likeness (QED) is 0.658. The maximum absolute atomic E-state index is 10.9. The number of hydrogen-bond acceptors (Lipinski definition) is 2. The standard InChI is InChI=1S/C11H21NO3/c1-10(2,3)11(12-9(14)15)6-4-5-8(11)7-13/h8,12-13H,4-7H2,1-3H3,(H,14,15)/t8?,11-/m1/s1.